The molecule has 4 rings (SSSR count). The lowest BCUT2D eigenvalue weighted by atomic mass is 9.99. The number of carbonyl (C=O) groups excluding carboxylic acids is 2. The zero-order chi connectivity index (χ0) is 23.9. The monoisotopic (exact) mass is 460 g/mol. The van der Waals surface area contributed by atoms with Crippen molar-refractivity contribution in [3.8, 4) is 11.5 Å². The van der Waals surface area contributed by atoms with Crippen LogP contribution in [0.5, 0.6) is 11.5 Å². The summed E-state index contributed by atoms with van der Waals surface area (Å²) in [5.74, 6) is 0.927. The maximum absolute atomic E-state index is 12.9. The molecule has 2 aromatic carbocycles. The van der Waals surface area contributed by atoms with Crippen LogP contribution in [0, 0.1) is 0 Å². The molecule has 0 atom stereocenters. The number of benzene rings is 2. The zero-order valence-corrected chi connectivity index (χ0v) is 19.3. The summed E-state index contributed by atoms with van der Waals surface area (Å²) in [6.45, 7) is 2.88. The molecule has 1 aliphatic heterocycles. The van der Waals surface area contributed by atoms with E-state index in [1.54, 1.807) is 56.8 Å². The van der Waals surface area contributed by atoms with Gasteiger partial charge in [-0.15, -0.1) is 0 Å². The molecular weight excluding hydrogens is 432 g/mol. The third-order valence-corrected chi connectivity index (χ3v) is 5.85. The Bertz CT molecular complexity index is 1170. The highest BCUT2D eigenvalue weighted by Crippen LogP contribution is 2.33. The van der Waals surface area contributed by atoms with Crippen LogP contribution in [0.25, 0.3) is 0 Å². The first-order chi connectivity index (χ1) is 16.6. The van der Waals surface area contributed by atoms with Crippen molar-refractivity contribution in [3.05, 3.63) is 83.2 Å². The molecule has 1 aliphatic rings. The fourth-order valence-electron chi connectivity index (χ4n) is 4.04. The van der Waals surface area contributed by atoms with Crippen LogP contribution in [-0.2, 0) is 13.0 Å². The lowest BCUT2D eigenvalue weighted by Gasteiger charge is -2.29. The van der Waals surface area contributed by atoms with Crippen LogP contribution >= 0.6 is 0 Å². The number of rotatable bonds is 8. The van der Waals surface area contributed by atoms with Crippen molar-refractivity contribution in [1.29, 1.82) is 0 Å². The highest BCUT2D eigenvalue weighted by Gasteiger charge is 2.20. The number of para-hydroxylation sites is 1. The number of ether oxygens (including phenoxy) is 2. The highest BCUT2D eigenvalue weighted by molar-refractivity contribution is 6.08. The highest BCUT2D eigenvalue weighted by atomic mass is 16.5. The Labute approximate surface area is 198 Å². The molecule has 3 aromatic rings. The number of anilines is 1. The van der Waals surface area contributed by atoms with Gasteiger partial charge < -0.3 is 20.1 Å². The van der Waals surface area contributed by atoms with Gasteiger partial charge in [0.15, 0.2) is 11.5 Å². The summed E-state index contributed by atoms with van der Waals surface area (Å²) in [7, 11) is 3.28. The minimum Gasteiger partial charge on any atom is -0.493 e. The van der Waals surface area contributed by atoms with E-state index >= 15 is 0 Å². The van der Waals surface area contributed by atoms with Gasteiger partial charge in [0.1, 0.15) is 0 Å². The molecule has 34 heavy (non-hydrogen) atoms. The average molecular weight is 461 g/mol. The molecule has 0 spiro atoms. The lowest BCUT2D eigenvalue weighted by molar-refractivity contribution is 0.0948. The van der Waals surface area contributed by atoms with Gasteiger partial charge in [-0.2, -0.15) is 0 Å². The first kappa shape index (κ1) is 23.3. The number of nitrogens with zero attached hydrogens (tertiary/aromatic N) is 2. The lowest BCUT2D eigenvalue weighted by Crippen LogP contribution is -2.38. The van der Waals surface area contributed by atoms with Crippen molar-refractivity contribution < 1.29 is 19.1 Å². The smallest absolute Gasteiger partial charge is 0.257 e. The maximum atomic E-state index is 12.9. The Morgan fingerprint density at radius 1 is 1.00 bits per heavy atom. The first-order valence-corrected chi connectivity index (χ1v) is 11.1. The summed E-state index contributed by atoms with van der Waals surface area (Å²) in [6.07, 6.45) is 4.00. The topological polar surface area (TPSA) is 92.8 Å². The largest absolute Gasteiger partial charge is 0.493 e. The number of aromatic nitrogens is 1. The van der Waals surface area contributed by atoms with E-state index in [0.29, 0.717) is 29.9 Å². The summed E-state index contributed by atoms with van der Waals surface area (Å²) in [4.78, 5) is 31.6. The molecule has 0 fully saturated rings. The van der Waals surface area contributed by atoms with Crippen molar-refractivity contribution in [2.45, 2.75) is 13.0 Å². The van der Waals surface area contributed by atoms with Gasteiger partial charge in [-0.3, -0.25) is 19.5 Å². The number of fused-ring (bicyclic) bond motifs is 1. The molecule has 0 bridgehead atoms. The first-order valence-electron chi connectivity index (χ1n) is 11.1. The van der Waals surface area contributed by atoms with E-state index in [4.69, 9.17) is 9.47 Å². The molecule has 8 nitrogen and oxygen atoms in total. The molecule has 176 valence electrons. The molecule has 0 aliphatic carbocycles. The number of methoxy groups -OCH3 is 2. The van der Waals surface area contributed by atoms with Crippen molar-refractivity contribution >= 4 is 17.5 Å². The fraction of sp³-hybridized carbons (Fsp3) is 0.269. The molecule has 1 aromatic heterocycles. The predicted molar refractivity (Wildman–Crippen MR) is 129 cm³/mol. The fourth-order valence-corrected chi connectivity index (χ4v) is 4.04. The third-order valence-electron chi connectivity index (χ3n) is 5.85. The Kier molecular flexibility index (Phi) is 7.39. The number of carbonyl (C=O) groups is 2. The van der Waals surface area contributed by atoms with Crippen molar-refractivity contribution in [2.24, 2.45) is 0 Å². The van der Waals surface area contributed by atoms with Crippen LogP contribution in [0.15, 0.2) is 60.9 Å². The molecule has 2 heterocycles. The van der Waals surface area contributed by atoms with Crippen LogP contribution in [0.1, 0.15) is 31.8 Å². The van der Waals surface area contributed by atoms with E-state index in [1.807, 2.05) is 12.1 Å². The summed E-state index contributed by atoms with van der Waals surface area (Å²) < 4.78 is 10.8. The van der Waals surface area contributed by atoms with E-state index in [2.05, 4.69) is 20.5 Å². The van der Waals surface area contributed by atoms with Gasteiger partial charge in [0, 0.05) is 38.6 Å². The van der Waals surface area contributed by atoms with Gasteiger partial charge in [-0.1, -0.05) is 12.1 Å². The summed E-state index contributed by atoms with van der Waals surface area (Å²) in [6, 6.07) is 14.4. The van der Waals surface area contributed by atoms with E-state index in [-0.39, 0.29) is 11.8 Å². The minimum absolute atomic E-state index is 0.231. The SMILES string of the molecule is COc1cc2c(cc1OC)CN(CCNC(=O)c1ccccc1NC(=O)c1cccnc1)CC2. The molecule has 0 unspecified atom stereocenters. The van der Waals surface area contributed by atoms with Crippen molar-refractivity contribution in [1.82, 2.24) is 15.2 Å². The Morgan fingerprint density at radius 2 is 1.76 bits per heavy atom. The van der Waals surface area contributed by atoms with Gasteiger partial charge in [-0.05, 0) is 53.9 Å². The molecule has 0 saturated carbocycles. The van der Waals surface area contributed by atoms with Crippen LogP contribution in [0.2, 0.25) is 0 Å². The van der Waals surface area contributed by atoms with Gasteiger partial charge in [0.2, 0.25) is 0 Å². The Hall–Kier alpha value is -3.91. The Morgan fingerprint density at radius 3 is 2.50 bits per heavy atom. The summed E-state index contributed by atoms with van der Waals surface area (Å²) in [5, 5.41) is 5.78. The van der Waals surface area contributed by atoms with Crippen LogP contribution in [0.4, 0.5) is 5.69 Å². The second-order valence-corrected chi connectivity index (χ2v) is 8.00. The standard InChI is InChI=1S/C26H28N4O4/c1-33-23-14-18-9-12-30(17-20(18)15-24(23)34-2)13-11-28-26(32)21-7-3-4-8-22(21)29-25(31)19-6-5-10-27-16-19/h3-8,10,14-16H,9,11-13,17H2,1-2H3,(H,28,32)(H,29,31). The second kappa shape index (κ2) is 10.8. The molecule has 8 heteroatoms. The molecule has 0 saturated heterocycles. The second-order valence-electron chi connectivity index (χ2n) is 8.00. The van der Waals surface area contributed by atoms with E-state index in [0.717, 1.165) is 31.0 Å². The third kappa shape index (κ3) is 5.35. The number of hydrogen-bond acceptors (Lipinski definition) is 6. The van der Waals surface area contributed by atoms with Gasteiger partial charge in [0.25, 0.3) is 11.8 Å². The number of hydrogen-bond donors (Lipinski definition) is 2. The number of nitrogens with one attached hydrogen (secondary N) is 2. The summed E-state index contributed by atoms with van der Waals surface area (Å²) in [5.41, 5.74) is 3.77. The molecule has 2 N–H and O–H groups in total. The van der Waals surface area contributed by atoms with Gasteiger partial charge >= 0.3 is 0 Å². The van der Waals surface area contributed by atoms with Crippen LogP contribution in [0.3, 0.4) is 0 Å². The van der Waals surface area contributed by atoms with Gasteiger partial charge in [0.05, 0.1) is 31.0 Å². The molecule has 0 radical (unpaired) electrons. The number of amides is 2. The number of pyridine rings is 1. The van der Waals surface area contributed by atoms with E-state index in [1.165, 1.54) is 17.3 Å². The summed E-state index contributed by atoms with van der Waals surface area (Å²) >= 11 is 0. The van der Waals surface area contributed by atoms with E-state index in [9.17, 15) is 9.59 Å². The predicted octanol–water partition coefficient (Wildman–Crippen LogP) is 3.14. The molecular formula is C26H28N4O4. The molecule has 2 amide bonds. The Balaban J connectivity index is 1.34. The van der Waals surface area contributed by atoms with Crippen molar-refractivity contribution in [3.63, 3.8) is 0 Å². The quantitative estimate of drug-likeness (QED) is 0.537. The average Bonchev–Trinajstić information content (AvgIpc) is 2.88. The maximum Gasteiger partial charge on any atom is 0.257 e. The van der Waals surface area contributed by atoms with E-state index < -0.39 is 0 Å². The van der Waals surface area contributed by atoms with Crippen LogP contribution < -0.4 is 20.1 Å². The zero-order valence-electron chi connectivity index (χ0n) is 19.3. The van der Waals surface area contributed by atoms with Gasteiger partial charge in [-0.25, -0.2) is 0 Å². The van der Waals surface area contributed by atoms with Crippen LogP contribution in [-0.4, -0.2) is 55.6 Å². The normalized spacial score (nSPS) is 13.0. The van der Waals surface area contributed by atoms with Crippen molar-refractivity contribution in [2.75, 3.05) is 39.2 Å². The minimum atomic E-state index is -0.313.